The van der Waals surface area contributed by atoms with E-state index in [2.05, 4.69) is 8.37 Å². The van der Waals surface area contributed by atoms with E-state index in [1.165, 1.54) is 0 Å². The molecule has 0 saturated heterocycles. The van der Waals surface area contributed by atoms with Gasteiger partial charge in [0.25, 0.3) is 0 Å². The second kappa shape index (κ2) is 7.40. The van der Waals surface area contributed by atoms with Crippen molar-refractivity contribution < 1.29 is 56.3 Å². The highest BCUT2D eigenvalue weighted by molar-refractivity contribution is 7.88. The fraction of sp³-hybridized carbons (Fsp3) is 0.133. The number of rotatable bonds is 4. The Morgan fingerprint density at radius 3 is 1.22 bits per heavy atom. The SMILES string of the molecule is O=C1c2cc(OS(=O)(=O)C(F)(F)F)c(Cl)cc2-c2cc(Cl)c(OS(=O)(=O)C(F)(F)F)cc21. The molecule has 0 aromatic heterocycles. The van der Waals surface area contributed by atoms with Crippen LogP contribution in [0.4, 0.5) is 26.3 Å². The van der Waals surface area contributed by atoms with Gasteiger partial charge in [-0.1, -0.05) is 23.2 Å². The van der Waals surface area contributed by atoms with Gasteiger partial charge in [0.05, 0.1) is 10.0 Å². The summed E-state index contributed by atoms with van der Waals surface area (Å²) in [5, 5.41) is -1.32. The fourth-order valence-corrected chi connectivity index (χ4v) is 3.97. The molecular weight excluding hydrogens is 541 g/mol. The summed E-state index contributed by atoms with van der Waals surface area (Å²) in [6.07, 6.45) is 0. The topological polar surface area (TPSA) is 104 Å². The van der Waals surface area contributed by atoms with E-state index in [4.69, 9.17) is 23.2 Å². The Bertz CT molecular complexity index is 1260. The maximum Gasteiger partial charge on any atom is 0.534 e. The van der Waals surface area contributed by atoms with Crippen molar-refractivity contribution in [2.45, 2.75) is 11.0 Å². The Hall–Kier alpha value is -2.23. The lowest BCUT2D eigenvalue weighted by Gasteiger charge is -2.12. The molecular formula is C15H4Cl2F6O7S2. The minimum Gasteiger partial charge on any atom is -0.374 e. The normalized spacial score (nSPS) is 14.2. The molecule has 1 aliphatic carbocycles. The third kappa shape index (κ3) is 4.09. The average molecular weight is 545 g/mol. The van der Waals surface area contributed by atoms with Gasteiger partial charge in [-0.3, -0.25) is 4.79 Å². The van der Waals surface area contributed by atoms with Crippen LogP contribution in [0.3, 0.4) is 0 Å². The number of fused-ring (bicyclic) bond motifs is 3. The first-order valence-corrected chi connectivity index (χ1v) is 11.2. The molecule has 0 heterocycles. The summed E-state index contributed by atoms with van der Waals surface area (Å²) in [4.78, 5) is 12.6. The number of hydrogen-bond donors (Lipinski definition) is 0. The molecule has 0 N–H and O–H groups in total. The largest absolute Gasteiger partial charge is 0.534 e. The first-order valence-electron chi connectivity index (χ1n) is 7.59. The molecule has 1 aliphatic rings. The summed E-state index contributed by atoms with van der Waals surface area (Å²) in [5.74, 6) is -3.14. The molecule has 0 spiro atoms. The Morgan fingerprint density at radius 2 is 0.938 bits per heavy atom. The Balaban J connectivity index is 2.08. The maximum absolute atomic E-state index is 12.6. The monoisotopic (exact) mass is 544 g/mol. The summed E-state index contributed by atoms with van der Waals surface area (Å²) in [6, 6.07) is 2.88. The molecule has 3 rings (SSSR count). The van der Waals surface area contributed by atoms with Crippen LogP contribution in [-0.4, -0.2) is 33.6 Å². The number of carbonyl (C=O) groups excluding carboxylic acids is 1. The van der Waals surface area contributed by atoms with Crippen molar-refractivity contribution >= 4 is 49.2 Å². The van der Waals surface area contributed by atoms with Crippen molar-refractivity contribution in [2.75, 3.05) is 0 Å². The molecule has 0 saturated carbocycles. The second-order valence-corrected chi connectivity index (χ2v) is 9.84. The molecule has 2 aromatic rings. The number of benzene rings is 2. The Labute approximate surface area is 184 Å². The van der Waals surface area contributed by atoms with Gasteiger partial charge >= 0.3 is 31.3 Å². The molecule has 0 bridgehead atoms. The van der Waals surface area contributed by atoms with Gasteiger partial charge in [0.2, 0.25) is 0 Å². The van der Waals surface area contributed by atoms with Crippen LogP contribution in [0.1, 0.15) is 15.9 Å². The van der Waals surface area contributed by atoms with Gasteiger partial charge in [-0.05, 0) is 35.4 Å². The van der Waals surface area contributed by atoms with Crippen LogP contribution in [0.25, 0.3) is 11.1 Å². The van der Waals surface area contributed by atoms with E-state index in [-0.39, 0.29) is 11.1 Å². The first-order chi connectivity index (χ1) is 14.4. The molecule has 0 amide bonds. The number of alkyl halides is 6. The van der Waals surface area contributed by atoms with E-state index < -0.39 is 69.7 Å². The maximum atomic E-state index is 12.6. The molecule has 0 atom stereocenters. The summed E-state index contributed by atoms with van der Waals surface area (Å²) in [6.45, 7) is 0. The molecule has 174 valence electrons. The predicted molar refractivity (Wildman–Crippen MR) is 96.5 cm³/mol. The van der Waals surface area contributed by atoms with Gasteiger partial charge < -0.3 is 8.37 Å². The minimum atomic E-state index is -6.13. The summed E-state index contributed by atoms with van der Waals surface area (Å²) in [5.41, 5.74) is -12.6. The van der Waals surface area contributed by atoms with Gasteiger partial charge in [0.1, 0.15) is 0 Å². The van der Waals surface area contributed by atoms with Crippen molar-refractivity contribution in [1.29, 1.82) is 0 Å². The van der Waals surface area contributed by atoms with Crippen molar-refractivity contribution in [2.24, 2.45) is 0 Å². The molecule has 17 heteroatoms. The van der Waals surface area contributed by atoms with E-state index >= 15 is 0 Å². The van der Waals surface area contributed by atoms with Gasteiger partial charge in [-0.2, -0.15) is 43.2 Å². The Kier molecular flexibility index (Phi) is 5.64. The molecule has 2 aromatic carbocycles. The number of halogens is 8. The highest BCUT2D eigenvalue weighted by Gasteiger charge is 2.50. The van der Waals surface area contributed by atoms with Crippen LogP contribution in [0.5, 0.6) is 11.5 Å². The van der Waals surface area contributed by atoms with Crippen molar-refractivity contribution in [3.8, 4) is 22.6 Å². The van der Waals surface area contributed by atoms with Crippen molar-refractivity contribution in [3.63, 3.8) is 0 Å². The zero-order valence-corrected chi connectivity index (χ0v) is 17.7. The van der Waals surface area contributed by atoms with E-state index in [9.17, 15) is 48.0 Å². The zero-order valence-electron chi connectivity index (χ0n) is 14.5. The standard InChI is InChI=1S/C15H4Cl2F6O7S2/c16-9-1-5-6-2-10(17)12(30-32(27,28)15(21,22)23)4-8(6)13(24)7(5)3-11(9)29-31(25,26)14(18,19)20/h1-4H. The molecule has 0 radical (unpaired) electrons. The third-order valence-electron chi connectivity index (χ3n) is 3.89. The van der Waals surface area contributed by atoms with Crippen molar-refractivity contribution in [1.82, 2.24) is 0 Å². The lowest BCUT2D eigenvalue weighted by atomic mass is 10.1. The summed E-state index contributed by atoms with van der Waals surface area (Å²) >= 11 is 11.5. The number of hydrogen-bond acceptors (Lipinski definition) is 7. The van der Waals surface area contributed by atoms with E-state index in [1.54, 1.807) is 0 Å². The predicted octanol–water partition coefficient (Wildman–Crippen LogP) is 4.66. The van der Waals surface area contributed by atoms with Gasteiger partial charge in [-0.15, -0.1) is 0 Å². The van der Waals surface area contributed by atoms with Crippen LogP contribution >= 0.6 is 23.2 Å². The van der Waals surface area contributed by atoms with Crippen LogP contribution in [0.2, 0.25) is 10.0 Å². The second-order valence-electron chi connectivity index (χ2n) is 5.95. The van der Waals surface area contributed by atoms with Crippen LogP contribution in [0.15, 0.2) is 24.3 Å². The van der Waals surface area contributed by atoms with Crippen molar-refractivity contribution in [3.05, 3.63) is 45.4 Å². The average Bonchev–Trinajstić information content (AvgIpc) is 2.85. The zero-order chi connectivity index (χ0) is 24.4. The summed E-state index contributed by atoms with van der Waals surface area (Å²) < 4.78 is 128. The Morgan fingerprint density at radius 1 is 0.625 bits per heavy atom. The third-order valence-corrected chi connectivity index (χ3v) is 6.41. The fourth-order valence-electron chi connectivity index (χ4n) is 2.53. The molecule has 0 unspecified atom stereocenters. The van der Waals surface area contributed by atoms with E-state index in [0.717, 1.165) is 12.1 Å². The van der Waals surface area contributed by atoms with Gasteiger partial charge in [-0.25, -0.2) is 0 Å². The number of ketones is 1. The van der Waals surface area contributed by atoms with Gasteiger partial charge in [0.15, 0.2) is 17.3 Å². The van der Waals surface area contributed by atoms with Crippen LogP contribution in [0, 0.1) is 0 Å². The summed E-state index contributed by atoms with van der Waals surface area (Å²) in [7, 11) is -12.3. The highest BCUT2D eigenvalue weighted by Crippen LogP contribution is 2.46. The lowest BCUT2D eigenvalue weighted by molar-refractivity contribution is -0.0504. The van der Waals surface area contributed by atoms with Crippen LogP contribution < -0.4 is 8.37 Å². The quantitative estimate of drug-likeness (QED) is 0.267. The molecule has 32 heavy (non-hydrogen) atoms. The smallest absolute Gasteiger partial charge is 0.374 e. The van der Waals surface area contributed by atoms with Gasteiger partial charge in [0, 0.05) is 11.1 Å². The highest BCUT2D eigenvalue weighted by atomic mass is 35.5. The molecule has 0 fully saturated rings. The molecule has 7 nitrogen and oxygen atoms in total. The molecule has 0 aliphatic heterocycles. The van der Waals surface area contributed by atoms with E-state index in [1.807, 2.05) is 0 Å². The first kappa shape index (κ1) is 24.4. The van der Waals surface area contributed by atoms with E-state index in [0.29, 0.717) is 12.1 Å². The van der Waals surface area contributed by atoms with Crippen LogP contribution in [-0.2, 0) is 20.2 Å². The lowest BCUT2D eigenvalue weighted by Crippen LogP contribution is -2.28. The minimum absolute atomic E-state index is 0.0844. The number of carbonyl (C=O) groups is 1.